The van der Waals surface area contributed by atoms with Crippen LogP contribution in [0.5, 0.6) is 0 Å². The summed E-state index contributed by atoms with van der Waals surface area (Å²) in [4.78, 5) is 11.6. The van der Waals surface area contributed by atoms with Gasteiger partial charge in [-0.1, -0.05) is 23.7 Å². The number of benzene rings is 1. The minimum Gasteiger partial charge on any atom is -0.469 e. The van der Waals surface area contributed by atoms with Gasteiger partial charge in [0.05, 0.1) is 13.0 Å². The Morgan fingerprint density at radius 3 is 2.86 bits per heavy atom. The third-order valence-corrected chi connectivity index (χ3v) is 4.10. The first-order chi connectivity index (χ1) is 10.2. The van der Waals surface area contributed by atoms with Gasteiger partial charge in [0, 0.05) is 24.4 Å². The molecule has 0 spiro atoms. The fraction of sp³-hybridized carbons (Fsp3) is 0.400. The molecule has 0 N–H and O–H groups in total. The zero-order chi connectivity index (χ0) is 14.8. The first-order valence-corrected chi connectivity index (χ1v) is 7.28. The average Bonchev–Trinajstić information content (AvgIpc) is 2.91. The van der Waals surface area contributed by atoms with Crippen molar-refractivity contribution in [3.8, 4) is 0 Å². The summed E-state index contributed by atoms with van der Waals surface area (Å²) in [5.74, 6) is 1.52. The fourth-order valence-corrected chi connectivity index (χ4v) is 2.80. The Balaban J connectivity index is 1.77. The van der Waals surface area contributed by atoms with Gasteiger partial charge in [-0.25, -0.2) is 0 Å². The number of methoxy groups -OCH3 is 1. The summed E-state index contributed by atoms with van der Waals surface area (Å²) in [6.07, 6.45) is 2.08. The summed E-state index contributed by atoms with van der Waals surface area (Å²) in [6, 6.07) is 7.73. The van der Waals surface area contributed by atoms with Crippen molar-refractivity contribution in [3.63, 3.8) is 0 Å². The van der Waals surface area contributed by atoms with Crippen LogP contribution in [0.15, 0.2) is 24.3 Å². The molecule has 21 heavy (non-hydrogen) atoms. The second-order valence-electron chi connectivity index (χ2n) is 5.20. The largest absolute Gasteiger partial charge is 0.469 e. The van der Waals surface area contributed by atoms with E-state index in [1.54, 1.807) is 0 Å². The maximum Gasteiger partial charge on any atom is 0.309 e. The number of fused-ring (bicyclic) bond motifs is 1. The van der Waals surface area contributed by atoms with Crippen molar-refractivity contribution in [2.45, 2.75) is 25.8 Å². The molecular formula is C15H16ClN3O2. The smallest absolute Gasteiger partial charge is 0.309 e. The molecule has 1 aromatic heterocycles. The molecule has 1 atom stereocenters. The van der Waals surface area contributed by atoms with Gasteiger partial charge in [0.1, 0.15) is 11.6 Å². The number of nitrogens with zero attached hydrogens (tertiary/aromatic N) is 3. The van der Waals surface area contributed by atoms with Crippen LogP contribution < -0.4 is 0 Å². The standard InChI is InChI=1S/C15H16ClN3O2/c1-21-15(20)11-6-7-19-13(17-18-14(19)9-11)8-10-2-4-12(16)5-3-10/h2-5,11H,6-9H2,1H3. The van der Waals surface area contributed by atoms with Gasteiger partial charge in [-0.15, -0.1) is 10.2 Å². The highest BCUT2D eigenvalue weighted by Crippen LogP contribution is 2.22. The van der Waals surface area contributed by atoms with Gasteiger partial charge in [0.2, 0.25) is 0 Å². The Labute approximate surface area is 127 Å². The Hall–Kier alpha value is -1.88. The van der Waals surface area contributed by atoms with E-state index in [1.807, 2.05) is 24.3 Å². The van der Waals surface area contributed by atoms with Gasteiger partial charge in [-0.05, 0) is 24.1 Å². The quantitative estimate of drug-likeness (QED) is 0.816. The van der Waals surface area contributed by atoms with Crippen molar-refractivity contribution in [2.24, 2.45) is 5.92 Å². The summed E-state index contributed by atoms with van der Waals surface area (Å²) in [5.41, 5.74) is 1.14. The van der Waals surface area contributed by atoms with Crippen LogP contribution in [0.3, 0.4) is 0 Å². The van der Waals surface area contributed by atoms with Crippen molar-refractivity contribution in [2.75, 3.05) is 7.11 Å². The molecule has 1 aromatic carbocycles. The first-order valence-electron chi connectivity index (χ1n) is 6.90. The van der Waals surface area contributed by atoms with Crippen LogP contribution in [-0.4, -0.2) is 27.8 Å². The molecule has 0 saturated carbocycles. The number of carbonyl (C=O) groups is 1. The molecule has 0 saturated heterocycles. The lowest BCUT2D eigenvalue weighted by Gasteiger charge is -2.21. The minimum absolute atomic E-state index is 0.102. The summed E-state index contributed by atoms with van der Waals surface area (Å²) < 4.78 is 6.91. The van der Waals surface area contributed by atoms with Gasteiger partial charge < -0.3 is 9.30 Å². The summed E-state index contributed by atoms with van der Waals surface area (Å²) in [6.45, 7) is 0.755. The molecule has 0 aliphatic carbocycles. The summed E-state index contributed by atoms with van der Waals surface area (Å²) in [7, 11) is 1.42. The zero-order valence-electron chi connectivity index (χ0n) is 11.8. The normalized spacial score (nSPS) is 17.3. The molecule has 0 amide bonds. The monoisotopic (exact) mass is 305 g/mol. The Kier molecular flexibility index (Phi) is 3.92. The lowest BCUT2D eigenvalue weighted by molar-refractivity contribution is -0.146. The number of esters is 1. The lowest BCUT2D eigenvalue weighted by atomic mass is 9.98. The van der Waals surface area contributed by atoms with Crippen LogP contribution in [0.25, 0.3) is 0 Å². The topological polar surface area (TPSA) is 57.0 Å². The van der Waals surface area contributed by atoms with Crippen molar-refractivity contribution >= 4 is 17.6 Å². The van der Waals surface area contributed by atoms with Crippen LogP contribution in [0.1, 0.15) is 23.6 Å². The van der Waals surface area contributed by atoms with E-state index in [2.05, 4.69) is 14.8 Å². The van der Waals surface area contributed by atoms with E-state index >= 15 is 0 Å². The van der Waals surface area contributed by atoms with Crippen LogP contribution in [0.2, 0.25) is 5.02 Å². The zero-order valence-corrected chi connectivity index (χ0v) is 12.5. The summed E-state index contributed by atoms with van der Waals surface area (Å²) in [5, 5.41) is 9.20. The number of aromatic nitrogens is 3. The maximum absolute atomic E-state index is 11.6. The molecule has 6 heteroatoms. The minimum atomic E-state index is -0.163. The van der Waals surface area contributed by atoms with Gasteiger partial charge in [0.25, 0.3) is 0 Å². The number of hydrogen-bond acceptors (Lipinski definition) is 4. The predicted molar refractivity (Wildman–Crippen MR) is 78.1 cm³/mol. The first kappa shape index (κ1) is 14.1. The lowest BCUT2D eigenvalue weighted by Crippen LogP contribution is -2.27. The molecule has 1 aliphatic heterocycles. The van der Waals surface area contributed by atoms with Crippen LogP contribution in [-0.2, 0) is 28.9 Å². The third-order valence-electron chi connectivity index (χ3n) is 3.84. The van der Waals surface area contributed by atoms with E-state index in [9.17, 15) is 4.79 Å². The molecule has 1 unspecified atom stereocenters. The Morgan fingerprint density at radius 2 is 2.14 bits per heavy atom. The second kappa shape index (κ2) is 5.85. The van der Waals surface area contributed by atoms with Crippen LogP contribution >= 0.6 is 11.6 Å². The molecule has 0 fully saturated rings. The number of carbonyl (C=O) groups excluding carboxylic acids is 1. The van der Waals surface area contributed by atoms with Crippen molar-refractivity contribution in [3.05, 3.63) is 46.5 Å². The van der Waals surface area contributed by atoms with E-state index < -0.39 is 0 Å². The molecule has 0 radical (unpaired) electrons. The van der Waals surface area contributed by atoms with Gasteiger partial charge in [0.15, 0.2) is 0 Å². The van der Waals surface area contributed by atoms with Crippen molar-refractivity contribution < 1.29 is 9.53 Å². The highest BCUT2D eigenvalue weighted by molar-refractivity contribution is 6.30. The van der Waals surface area contributed by atoms with Crippen molar-refractivity contribution in [1.82, 2.24) is 14.8 Å². The fourth-order valence-electron chi connectivity index (χ4n) is 2.67. The second-order valence-corrected chi connectivity index (χ2v) is 5.64. The highest BCUT2D eigenvalue weighted by Gasteiger charge is 2.28. The van der Waals surface area contributed by atoms with Crippen LogP contribution in [0, 0.1) is 5.92 Å². The number of rotatable bonds is 3. The van der Waals surface area contributed by atoms with Crippen molar-refractivity contribution in [1.29, 1.82) is 0 Å². The van der Waals surface area contributed by atoms with E-state index in [1.165, 1.54) is 7.11 Å². The molecule has 110 valence electrons. The number of hydrogen-bond donors (Lipinski definition) is 0. The summed E-state index contributed by atoms with van der Waals surface area (Å²) >= 11 is 5.89. The molecule has 3 rings (SSSR count). The van der Waals surface area contributed by atoms with Gasteiger partial charge in [-0.2, -0.15) is 0 Å². The molecule has 2 aromatic rings. The van der Waals surface area contributed by atoms with E-state index in [-0.39, 0.29) is 11.9 Å². The number of halogens is 1. The van der Waals surface area contributed by atoms with Gasteiger partial charge >= 0.3 is 5.97 Å². The van der Waals surface area contributed by atoms with E-state index in [0.29, 0.717) is 12.8 Å². The predicted octanol–water partition coefficient (Wildman–Crippen LogP) is 2.26. The van der Waals surface area contributed by atoms with Gasteiger partial charge in [-0.3, -0.25) is 4.79 Å². The SMILES string of the molecule is COC(=O)C1CCn2c(Cc3ccc(Cl)cc3)nnc2C1. The van der Waals surface area contributed by atoms with E-state index in [4.69, 9.17) is 16.3 Å². The molecule has 1 aliphatic rings. The molecule has 0 bridgehead atoms. The highest BCUT2D eigenvalue weighted by atomic mass is 35.5. The molecular weight excluding hydrogens is 290 g/mol. The Morgan fingerprint density at radius 1 is 1.38 bits per heavy atom. The third kappa shape index (κ3) is 2.93. The average molecular weight is 306 g/mol. The number of ether oxygens (including phenoxy) is 1. The van der Waals surface area contributed by atoms with Crippen LogP contribution in [0.4, 0.5) is 0 Å². The van der Waals surface area contributed by atoms with E-state index in [0.717, 1.165) is 35.2 Å². The molecule has 5 nitrogen and oxygen atoms in total. The molecule has 2 heterocycles. The maximum atomic E-state index is 11.6. The Bertz CT molecular complexity index is 651.